The quantitative estimate of drug-likeness (QED) is 0.892. The van der Waals surface area contributed by atoms with Crippen LogP contribution in [0.25, 0.3) is 0 Å². The van der Waals surface area contributed by atoms with Crippen molar-refractivity contribution >= 4 is 5.69 Å². The van der Waals surface area contributed by atoms with E-state index in [9.17, 15) is 8.78 Å². The Hall–Kier alpha value is -1.91. The Morgan fingerprint density at radius 2 is 2.11 bits per heavy atom. The van der Waals surface area contributed by atoms with Gasteiger partial charge in [0.05, 0.1) is 17.9 Å². The molecule has 0 saturated heterocycles. The number of nitrogens with one attached hydrogen (secondary N) is 1. The first-order valence-electron chi connectivity index (χ1n) is 6.33. The molecule has 0 fully saturated rings. The van der Waals surface area contributed by atoms with E-state index in [1.54, 1.807) is 0 Å². The largest absolute Gasteiger partial charge is 0.377 e. The van der Waals surface area contributed by atoms with Gasteiger partial charge in [0.15, 0.2) is 0 Å². The number of aromatic nitrogens is 2. The van der Waals surface area contributed by atoms with E-state index in [1.807, 2.05) is 16.9 Å². The normalized spacial score (nSPS) is 12.4. The SMILES string of the molecule is CCC(C)n1ccc(CNc2cc(F)ccc2F)n1. The third kappa shape index (κ3) is 3.30. The smallest absolute Gasteiger partial charge is 0.146 e. The van der Waals surface area contributed by atoms with Gasteiger partial charge in [0.2, 0.25) is 0 Å². The standard InChI is InChI=1S/C14H17F2N3/c1-3-10(2)19-7-6-12(18-19)9-17-14-8-11(15)4-5-13(14)16/h4-8,10,17H,3,9H2,1-2H3. The molecular weight excluding hydrogens is 248 g/mol. The van der Waals surface area contributed by atoms with Crippen LogP contribution in [0.5, 0.6) is 0 Å². The molecule has 0 radical (unpaired) electrons. The van der Waals surface area contributed by atoms with Crippen molar-refractivity contribution in [2.24, 2.45) is 0 Å². The maximum atomic E-state index is 13.4. The van der Waals surface area contributed by atoms with Crippen molar-refractivity contribution in [3.63, 3.8) is 0 Å². The number of hydrogen-bond donors (Lipinski definition) is 1. The van der Waals surface area contributed by atoms with Crippen LogP contribution in [0.1, 0.15) is 32.0 Å². The van der Waals surface area contributed by atoms with Crippen LogP contribution in [0.15, 0.2) is 30.5 Å². The third-order valence-electron chi connectivity index (χ3n) is 3.09. The van der Waals surface area contributed by atoms with Crippen LogP contribution in [-0.2, 0) is 6.54 Å². The minimum atomic E-state index is -0.470. The first-order chi connectivity index (χ1) is 9.10. The molecule has 3 nitrogen and oxygen atoms in total. The van der Waals surface area contributed by atoms with E-state index in [0.717, 1.165) is 30.3 Å². The van der Waals surface area contributed by atoms with Gasteiger partial charge < -0.3 is 5.32 Å². The fourth-order valence-corrected chi connectivity index (χ4v) is 1.72. The molecule has 0 amide bonds. The molecule has 0 bridgehead atoms. The average Bonchev–Trinajstić information content (AvgIpc) is 2.88. The highest BCUT2D eigenvalue weighted by Crippen LogP contribution is 2.16. The lowest BCUT2D eigenvalue weighted by molar-refractivity contribution is 0.474. The van der Waals surface area contributed by atoms with Crippen LogP contribution < -0.4 is 5.32 Å². The molecule has 0 aliphatic carbocycles. The lowest BCUT2D eigenvalue weighted by Gasteiger charge is -2.09. The summed E-state index contributed by atoms with van der Waals surface area (Å²) in [6.45, 7) is 4.53. The molecule has 1 aromatic carbocycles. The zero-order chi connectivity index (χ0) is 13.8. The van der Waals surface area contributed by atoms with Crippen LogP contribution >= 0.6 is 0 Å². The summed E-state index contributed by atoms with van der Waals surface area (Å²) in [7, 11) is 0. The fourth-order valence-electron chi connectivity index (χ4n) is 1.72. The molecule has 0 aliphatic rings. The molecule has 1 aromatic heterocycles. The lowest BCUT2D eigenvalue weighted by atomic mass is 10.3. The molecule has 5 heteroatoms. The van der Waals surface area contributed by atoms with E-state index in [1.165, 1.54) is 0 Å². The molecule has 1 N–H and O–H groups in total. The summed E-state index contributed by atoms with van der Waals surface area (Å²) in [5.74, 6) is -0.934. The van der Waals surface area contributed by atoms with Gasteiger partial charge in [-0.2, -0.15) is 5.10 Å². The number of halogens is 2. The Morgan fingerprint density at radius 3 is 2.84 bits per heavy atom. The second-order valence-corrected chi connectivity index (χ2v) is 4.52. The number of hydrogen-bond acceptors (Lipinski definition) is 2. The number of nitrogens with zero attached hydrogens (tertiary/aromatic N) is 2. The highest BCUT2D eigenvalue weighted by Gasteiger charge is 2.06. The molecule has 102 valence electrons. The highest BCUT2D eigenvalue weighted by molar-refractivity contribution is 5.45. The van der Waals surface area contributed by atoms with Gasteiger partial charge in [-0.1, -0.05) is 6.92 Å². The van der Waals surface area contributed by atoms with E-state index in [2.05, 4.69) is 24.3 Å². The lowest BCUT2D eigenvalue weighted by Crippen LogP contribution is -2.07. The molecule has 0 aliphatic heterocycles. The van der Waals surface area contributed by atoms with Crippen molar-refractivity contribution in [1.82, 2.24) is 9.78 Å². The molecule has 1 heterocycles. The Bertz CT molecular complexity index is 551. The van der Waals surface area contributed by atoms with Crippen molar-refractivity contribution in [3.8, 4) is 0 Å². The summed E-state index contributed by atoms with van der Waals surface area (Å²) in [6, 6.07) is 5.55. The Morgan fingerprint density at radius 1 is 1.32 bits per heavy atom. The van der Waals surface area contributed by atoms with Crippen molar-refractivity contribution in [1.29, 1.82) is 0 Å². The Balaban J connectivity index is 2.02. The monoisotopic (exact) mass is 265 g/mol. The summed E-state index contributed by atoms with van der Waals surface area (Å²) in [6.07, 6.45) is 2.89. The number of anilines is 1. The minimum absolute atomic E-state index is 0.151. The van der Waals surface area contributed by atoms with Crippen LogP contribution in [0.4, 0.5) is 14.5 Å². The van der Waals surface area contributed by atoms with E-state index in [-0.39, 0.29) is 5.69 Å². The predicted octanol–water partition coefficient (Wildman–Crippen LogP) is 3.74. The molecule has 0 saturated carbocycles. The van der Waals surface area contributed by atoms with Crippen LogP contribution in [0.3, 0.4) is 0 Å². The first-order valence-corrected chi connectivity index (χ1v) is 6.33. The van der Waals surface area contributed by atoms with Gasteiger partial charge in [-0.15, -0.1) is 0 Å². The summed E-state index contributed by atoms with van der Waals surface area (Å²) < 4.78 is 28.3. The third-order valence-corrected chi connectivity index (χ3v) is 3.09. The second-order valence-electron chi connectivity index (χ2n) is 4.52. The van der Waals surface area contributed by atoms with Crippen molar-refractivity contribution < 1.29 is 8.78 Å². The zero-order valence-electron chi connectivity index (χ0n) is 11.0. The summed E-state index contributed by atoms with van der Waals surface area (Å²) >= 11 is 0. The van der Waals surface area contributed by atoms with Gasteiger partial charge in [-0.05, 0) is 37.6 Å². The van der Waals surface area contributed by atoms with Gasteiger partial charge >= 0.3 is 0 Å². The number of rotatable bonds is 5. The van der Waals surface area contributed by atoms with Crippen molar-refractivity contribution in [3.05, 3.63) is 47.8 Å². The molecule has 0 spiro atoms. The maximum absolute atomic E-state index is 13.4. The molecule has 2 aromatic rings. The summed E-state index contributed by atoms with van der Waals surface area (Å²) in [5, 5.41) is 7.24. The zero-order valence-corrected chi connectivity index (χ0v) is 11.0. The van der Waals surface area contributed by atoms with E-state index >= 15 is 0 Å². The van der Waals surface area contributed by atoms with Gasteiger partial charge in [0, 0.05) is 12.2 Å². The summed E-state index contributed by atoms with van der Waals surface area (Å²) in [4.78, 5) is 0. The second kappa shape index (κ2) is 5.82. The van der Waals surface area contributed by atoms with Gasteiger partial charge in [-0.25, -0.2) is 8.78 Å². The first kappa shape index (κ1) is 13.5. The number of benzene rings is 1. The molecule has 19 heavy (non-hydrogen) atoms. The van der Waals surface area contributed by atoms with Crippen LogP contribution in [0, 0.1) is 11.6 Å². The molecule has 1 unspecified atom stereocenters. The van der Waals surface area contributed by atoms with E-state index in [0.29, 0.717) is 12.6 Å². The predicted molar refractivity (Wildman–Crippen MR) is 70.9 cm³/mol. The Labute approximate surface area is 111 Å². The minimum Gasteiger partial charge on any atom is -0.377 e. The van der Waals surface area contributed by atoms with Crippen molar-refractivity contribution in [2.75, 3.05) is 5.32 Å². The molecule has 2 rings (SSSR count). The van der Waals surface area contributed by atoms with E-state index in [4.69, 9.17) is 0 Å². The highest BCUT2D eigenvalue weighted by atomic mass is 19.1. The topological polar surface area (TPSA) is 29.9 Å². The van der Waals surface area contributed by atoms with Crippen LogP contribution in [-0.4, -0.2) is 9.78 Å². The molecule has 1 atom stereocenters. The van der Waals surface area contributed by atoms with Crippen LogP contribution in [0.2, 0.25) is 0 Å². The van der Waals surface area contributed by atoms with Gasteiger partial charge in [0.1, 0.15) is 11.6 Å². The average molecular weight is 265 g/mol. The maximum Gasteiger partial charge on any atom is 0.146 e. The van der Waals surface area contributed by atoms with Gasteiger partial charge in [-0.3, -0.25) is 4.68 Å². The Kier molecular flexibility index (Phi) is 4.14. The van der Waals surface area contributed by atoms with Crippen molar-refractivity contribution in [2.45, 2.75) is 32.9 Å². The molecular formula is C14H17F2N3. The van der Waals surface area contributed by atoms with Gasteiger partial charge in [0.25, 0.3) is 0 Å². The summed E-state index contributed by atoms with van der Waals surface area (Å²) in [5.41, 5.74) is 0.946. The fraction of sp³-hybridized carbons (Fsp3) is 0.357. The van der Waals surface area contributed by atoms with E-state index < -0.39 is 11.6 Å².